The molecule has 2 aliphatic carbocycles. The van der Waals surface area contributed by atoms with Crippen LogP contribution in [0.4, 0.5) is 5.82 Å². The van der Waals surface area contributed by atoms with E-state index in [1.165, 1.54) is 19.3 Å². The van der Waals surface area contributed by atoms with E-state index in [2.05, 4.69) is 35.0 Å². The number of nitrogens with zero attached hydrogens (tertiary/aromatic N) is 3. The van der Waals surface area contributed by atoms with Gasteiger partial charge in [-0.15, -0.1) is 0 Å². The predicted molar refractivity (Wildman–Crippen MR) is 83.4 cm³/mol. The Hall–Kier alpha value is -2.28. The van der Waals surface area contributed by atoms with E-state index in [9.17, 15) is 0 Å². The van der Waals surface area contributed by atoms with E-state index < -0.39 is 0 Å². The minimum Gasteiger partial charge on any atom is -0.464 e. The highest BCUT2D eigenvalue weighted by molar-refractivity contribution is 5.44. The molecule has 2 aliphatic rings. The number of anilines is 1. The Bertz CT molecular complexity index is 709. The molecule has 4 heteroatoms. The standard InChI is InChI=1S/C18H19N3O/c1-12-8-16(12)17-6-5-15(22-17)11-21(14-3-4-14)18-7-2-13(9-19)10-20-18/h2,5-7,10,12,14,16H,3-4,8,11H2,1H3/t12-,16+/m1/s1. The number of hydrogen-bond acceptors (Lipinski definition) is 4. The van der Waals surface area contributed by atoms with Crippen LogP contribution in [-0.2, 0) is 6.54 Å². The van der Waals surface area contributed by atoms with Crippen molar-refractivity contribution in [3.05, 3.63) is 47.5 Å². The number of nitriles is 1. The van der Waals surface area contributed by atoms with Crippen LogP contribution in [-0.4, -0.2) is 11.0 Å². The molecule has 2 aromatic heterocycles. The number of rotatable bonds is 5. The average molecular weight is 293 g/mol. The van der Waals surface area contributed by atoms with Crippen molar-refractivity contribution in [1.82, 2.24) is 4.98 Å². The van der Waals surface area contributed by atoms with Crippen LogP contribution in [0.25, 0.3) is 0 Å². The highest BCUT2D eigenvalue weighted by Crippen LogP contribution is 2.47. The van der Waals surface area contributed by atoms with Crippen molar-refractivity contribution < 1.29 is 4.42 Å². The van der Waals surface area contributed by atoms with Crippen LogP contribution in [0.15, 0.2) is 34.9 Å². The van der Waals surface area contributed by atoms with Crippen LogP contribution in [0.1, 0.15) is 49.2 Å². The molecule has 4 nitrogen and oxygen atoms in total. The highest BCUT2D eigenvalue weighted by Gasteiger charge is 2.37. The fourth-order valence-electron chi connectivity index (χ4n) is 2.97. The first-order chi connectivity index (χ1) is 10.7. The second-order valence-corrected chi connectivity index (χ2v) is 6.50. The van der Waals surface area contributed by atoms with Crippen LogP contribution < -0.4 is 4.90 Å². The normalized spacial score (nSPS) is 23.1. The molecule has 2 heterocycles. The topological polar surface area (TPSA) is 53.1 Å². The fourth-order valence-corrected chi connectivity index (χ4v) is 2.97. The summed E-state index contributed by atoms with van der Waals surface area (Å²) < 4.78 is 6.03. The SMILES string of the molecule is C[C@@H]1C[C@@H]1c1ccc(CN(c2ccc(C#N)cn2)C2CC2)o1. The van der Waals surface area contributed by atoms with Crippen molar-refractivity contribution in [3.63, 3.8) is 0 Å². The molecule has 2 fully saturated rings. The number of hydrogen-bond donors (Lipinski definition) is 0. The molecule has 0 amide bonds. The van der Waals surface area contributed by atoms with Gasteiger partial charge in [0.05, 0.1) is 12.1 Å². The molecule has 0 spiro atoms. The summed E-state index contributed by atoms with van der Waals surface area (Å²) in [6.45, 7) is 3.02. The molecule has 4 rings (SSSR count). The van der Waals surface area contributed by atoms with Crippen molar-refractivity contribution in [2.75, 3.05) is 4.90 Å². The van der Waals surface area contributed by atoms with Crippen LogP contribution in [0.3, 0.4) is 0 Å². The van der Waals surface area contributed by atoms with Crippen LogP contribution in [0.2, 0.25) is 0 Å². The number of pyridine rings is 1. The van der Waals surface area contributed by atoms with Crippen molar-refractivity contribution in [2.45, 2.75) is 44.7 Å². The van der Waals surface area contributed by atoms with E-state index in [4.69, 9.17) is 9.68 Å². The van der Waals surface area contributed by atoms with Gasteiger partial charge in [-0.05, 0) is 49.4 Å². The molecule has 2 saturated carbocycles. The van der Waals surface area contributed by atoms with Crippen LogP contribution in [0.5, 0.6) is 0 Å². The third kappa shape index (κ3) is 2.59. The lowest BCUT2D eigenvalue weighted by Gasteiger charge is -2.22. The van der Waals surface area contributed by atoms with Gasteiger partial charge < -0.3 is 9.32 Å². The molecule has 0 bridgehead atoms. The minimum absolute atomic E-state index is 0.550. The zero-order valence-electron chi connectivity index (χ0n) is 12.7. The lowest BCUT2D eigenvalue weighted by atomic mass is 10.2. The summed E-state index contributed by atoms with van der Waals surface area (Å²) in [6.07, 6.45) is 5.30. The summed E-state index contributed by atoms with van der Waals surface area (Å²) in [5.74, 6) is 4.45. The molecular weight excluding hydrogens is 274 g/mol. The zero-order chi connectivity index (χ0) is 15.1. The van der Waals surface area contributed by atoms with E-state index >= 15 is 0 Å². The van der Waals surface area contributed by atoms with Gasteiger partial charge >= 0.3 is 0 Å². The van der Waals surface area contributed by atoms with E-state index in [0.717, 1.165) is 29.8 Å². The first-order valence-corrected chi connectivity index (χ1v) is 7.96. The number of furan rings is 1. The smallest absolute Gasteiger partial charge is 0.129 e. The second-order valence-electron chi connectivity index (χ2n) is 6.50. The van der Waals surface area contributed by atoms with Gasteiger partial charge in [-0.1, -0.05) is 6.92 Å². The van der Waals surface area contributed by atoms with Crippen molar-refractivity contribution >= 4 is 5.82 Å². The third-order valence-corrected chi connectivity index (χ3v) is 4.64. The van der Waals surface area contributed by atoms with Crippen molar-refractivity contribution in [1.29, 1.82) is 5.26 Å². The third-order valence-electron chi connectivity index (χ3n) is 4.64. The van der Waals surface area contributed by atoms with Gasteiger partial charge in [0.2, 0.25) is 0 Å². The summed E-state index contributed by atoms with van der Waals surface area (Å²) >= 11 is 0. The molecule has 0 saturated heterocycles. The lowest BCUT2D eigenvalue weighted by molar-refractivity contribution is 0.456. The molecule has 0 radical (unpaired) electrons. The molecule has 0 unspecified atom stereocenters. The van der Waals surface area contributed by atoms with E-state index in [-0.39, 0.29) is 0 Å². The van der Waals surface area contributed by atoms with Gasteiger partial charge in [0.25, 0.3) is 0 Å². The van der Waals surface area contributed by atoms with Crippen LogP contribution >= 0.6 is 0 Å². The zero-order valence-corrected chi connectivity index (χ0v) is 12.7. The quantitative estimate of drug-likeness (QED) is 0.840. The predicted octanol–water partition coefficient (Wildman–Crippen LogP) is 3.84. The van der Waals surface area contributed by atoms with Gasteiger partial charge in [0, 0.05) is 18.2 Å². The van der Waals surface area contributed by atoms with E-state index in [1.54, 1.807) is 6.20 Å². The summed E-state index contributed by atoms with van der Waals surface area (Å²) in [4.78, 5) is 6.73. The molecule has 22 heavy (non-hydrogen) atoms. The number of aromatic nitrogens is 1. The van der Waals surface area contributed by atoms with Crippen LogP contribution in [0, 0.1) is 17.2 Å². The Balaban J connectivity index is 1.52. The lowest BCUT2D eigenvalue weighted by Crippen LogP contribution is -2.25. The largest absolute Gasteiger partial charge is 0.464 e. The summed E-state index contributed by atoms with van der Waals surface area (Å²) in [5, 5.41) is 8.89. The monoisotopic (exact) mass is 293 g/mol. The first kappa shape index (κ1) is 13.4. The summed E-state index contributed by atoms with van der Waals surface area (Å²) in [7, 11) is 0. The van der Waals surface area contributed by atoms with Gasteiger partial charge in [0.1, 0.15) is 23.4 Å². The van der Waals surface area contributed by atoms with Gasteiger partial charge in [0.15, 0.2) is 0 Å². The van der Waals surface area contributed by atoms with Gasteiger partial charge in [-0.2, -0.15) is 5.26 Å². The van der Waals surface area contributed by atoms with E-state index in [0.29, 0.717) is 17.5 Å². The first-order valence-electron chi connectivity index (χ1n) is 7.96. The second kappa shape index (κ2) is 5.17. The summed E-state index contributed by atoms with van der Waals surface area (Å²) in [5.41, 5.74) is 0.600. The van der Waals surface area contributed by atoms with E-state index in [1.807, 2.05) is 12.1 Å². The molecule has 112 valence electrons. The maximum atomic E-state index is 8.89. The van der Waals surface area contributed by atoms with Gasteiger partial charge in [-0.3, -0.25) is 0 Å². The minimum atomic E-state index is 0.550. The highest BCUT2D eigenvalue weighted by atomic mass is 16.3. The Morgan fingerprint density at radius 1 is 1.32 bits per heavy atom. The van der Waals surface area contributed by atoms with Crippen molar-refractivity contribution in [2.24, 2.45) is 5.92 Å². The molecule has 2 atom stereocenters. The van der Waals surface area contributed by atoms with Crippen molar-refractivity contribution in [3.8, 4) is 6.07 Å². The Labute approximate surface area is 130 Å². The Morgan fingerprint density at radius 3 is 2.73 bits per heavy atom. The Morgan fingerprint density at radius 2 is 2.14 bits per heavy atom. The molecule has 0 aliphatic heterocycles. The maximum absolute atomic E-state index is 8.89. The molecular formula is C18H19N3O. The summed E-state index contributed by atoms with van der Waals surface area (Å²) in [6, 6.07) is 10.7. The van der Waals surface area contributed by atoms with Gasteiger partial charge in [-0.25, -0.2) is 4.98 Å². The average Bonchev–Trinajstić information content (AvgIpc) is 3.46. The Kier molecular flexibility index (Phi) is 3.15. The molecule has 0 aromatic carbocycles. The maximum Gasteiger partial charge on any atom is 0.129 e. The molecule has 0 N–H and O–H groups in total. The fraction of sp³-hybridized carbons (Fsp3) is 0.444. The molecule has 2 aromatic rings.